The van der Waals surface area contributed by atoms with Crippen LogP contribution in [0.1, 0.15) is 41.6 Å². The summed E-state index contributed by atoms with van der Waals surface area (Å²) >= 11 is 1.59. The van der Waals surface area contributed by atoms with E-state index < -0.39 is 0 Å². The molecule has 0 aromatic carbocycles. The third-order valence-electron chi connectivity index (χ3n) is 4.89. The highest BCUT2D eigenvalue weighted by Crippen LogP contribution is 2.28. The first kappa shape index (κ1) is 17.0. The minimum atomic E-state index is 0.133. The standard InChI is InChI=1S/C18H20N4O3S/c1-11-15(12(2)24-20-11)3-4-16(23)22-7-5-13(9-22)17-19-18(25-21-17)14-6-8-26-10-14/h6,8,10,13H,3-5,7,9H2,1-2H3/t13-/m1/s1. The molecule has 1 aliphatic heterocycles. The Hall–Kier alpha value is -2.48. The van der Waals surface area contributed by atoms with E-state index in [0.717, 1.165) is 35.5 Å². The van der Waals surface area contributed by atoms with E-state index in [1.54, 1.807) is 11.3 Å². The number of carbonyl (C=O) groups excluding carboxylic acids is 1. The van der Waals surface area contributed by atoms with Crippen LogP contribution in [0.4, 0.5) is 0 Å². The van der Waals surface area contributed by atoms with Crippen molar-refractivity contribution < 1.29 is 13.8 Å². The second kappa shape index (κ2) is 7.03. The summed E-state index contributed by atoms with van der Waals surface area (Å²) in [5.41, 5.74) is 2.84. The molecule has 1 fully saturated rings. The number of aryl methyl sites for hydroxylation is 2. The van der Waals surface area contributed by atoms with Crippen molar-refractivity contribution in [3.8, 4) is 11.5 Å². The minimum Gasteiger partial charge on any atom is -0.361 e. The Kier molecular flexibility index (Phi) is 4.58. The van der Waals surface area contributed by atoms with Gasteiger partial charge in [0.15, 0.2) is 5.82 Å². The smallest absolute Gasteiger partial charge is 0.258 e. The maximum absolute atomic E-state index is 12.5. The van der Waals surface area contributed by atoms with Crippen molar-refractivity contribution in [3.63, 3.8) is 0 Å². The number of nitrogens with zero attached hydrogens (tertiary/aromatic N) is 4. The largest absolute Gasteiger partial charge is 0.361 e. The maximum atomic E-state index is 12.5. The van der Waals surface area contributed by atoms with Crippen LogP contribution in [0.5, 0.6) is 0 Å². The monoisotopic (exact) mass is 372 g/mol. The fourth-order valence-corrected chi connectivity index (χ4v) is 3.98. The van der Waals surface area contributed by atoms with E-state index >= 15 is 0 Å². The third-order valence-corrected chi connectivity index (χ3v) is 5.57. The number of hydrogen-bond donors (Lipinski definition) is 0. The van der Waals surface area contributed by atoms with Gasteiger partial charge in [-0.3, -0.25) is 4.79 Å². The highest BCUT2D eigenvalue weighted by Gasteiger charge is 2.30. The molecule has 0 N–H and O–H groups in total. The Morgan fingerprint density at radius 2 is 2.23 bits per heavy atom. The summed E-state index contributed by atoms with van der Waals surface area (Å²) in [4.78, 5) is 18.9. The first-order valence-corrected chi connectivity index (χ1v) is 9.62. The van der Waals surface area contributed by atoms with E-state index in [1.165, 1.54) is 0 Å². The minimum absolute atomic E-state index is 0.133. The van der Waals surface area contributed by atoms with E-state index in [4.69, 9.17) is 9.05 Å². The number of rotatable bonds is 5. The molecule has 0 unspecified atom stereocenters. The van der Waals surface area contributed by atoms with E-state index in [1.807, 2.05) is 35.6 Å². The van der Waals surface area contributed by atoms with Gasteiger partial charge in [-0.15, -0.1) is 0 Å². The van der Waals surface area contributed by atoms with E-state index in [9.17, 15) is 4.79 Å². The highest BCUT2D eigenvalue weighted by atomic mass is 32.1. The van der Waals surface area contributed by atoms with Gasteiger partial charge in [-0.25, -0.2) is 0 Å². The number of likely N-dealkylation sites (tertiary alicyclic amines) is 1. The zero-order valence-electron chi connectivity index (χ0n) is 14.8. The van der Waals surface area contributed by atoms with Gasteiger partial charge < -0.3 is 13.9 Å². The Balaban J connectivity index is 1.35. The quantitative estimate of drug-likeness (QED) is 0.683. The van der Waals surface area contributed by atoms with Gasteiger partial charge in [0.2, 0.25) is 5.91 Å². The summed E-state index contributed by atoms with van der Waals surface area (Å²) in [7, 11) is 0. The zero-order chi connectivity index (χ0) is 18.1. The molecule has 1 saturated heterocycles. The molecule has 136 valence electrons. The SMILES string of the molecule is Cc1noc(C)c1CCC(=O)N1CC[C@@H](c2noc(-c3ccsc3)n2)C1. The molecule has 4 heterocycles. The van der Waals surface area contributed by atoms with Crippen LogP contribution in [0.3, 0.4) is 0 Å². The van der Waals surface area contributed by atoms with Crippen LogP contribution in [0.2, 0.25) is 0 Å². The van der Waals surface area contributed by atoms with Crippen LogP contribution in [0.25, 0.3) is 11.5 Å². The van der Waals surface area contributed by atoms with Crippen molar-refractivity contribution in [1.82, 2.24) is 20.2 Å². The summed E-state index contributed by atoms with van der Waals surface area (Å²) in [6.45, 7) is 5.16. The van der Waals surface area contributed by atoms with Gasteiger partial charge in [0, 0.05) is 36.4 Å². The van der Waals surface area contributed by atoms with Gasteiger partial charge in [-0.05, 0) is 38.1 Å². The number of amides is 1. The molecule has 1 atom stereocenters. The molecular formula is C18H20N4O3S. The van der Waals surface area contributed by atoms with Crippen LogP contribution >= 0.6 is 11.3 Å². The van der Waals surface area contributed by atoms with Gasteiger partial charge in [-0.1, -0.05) is 10.3 Å². The first-order valence-electron chi connectivity index (χ1n) is 8.67. The Morgan fingerprint density at radius 1 is 1.35 bits per heavy atom. The molecule has 1 aliphatic rings. The van der Waals surface area contributed by atoms with Gasteiger partial charge in [0.25, 0.3) is 5.89 Å². The summed E-state index contributed by atoms with van der Waals surface area (Å²) in [6, 6.07) is 1.96. The Morgan fingerprint density at radius 3 is 2.96 bits per heavy atom. The summed E-state index contributed by atoms with van der Waals surface area (Å²) in [5, 5.41) is 12.0. The van der Waals surface area contributed by atoms with Gasteiger partial charge in [0.1, 0.15) is 5.76 Å². The van der Waals surface area contributed by atoms with Gasteiger partial charge in [0.05, 0.1) is 11.3 Å². The van der Waals surface area contributed by atoms with Crippen LogP contribution in [-0.4, -0.2) is 39.2 Å². The lowest BCUT2D eigenvalue weighted by Gasteiger charge is -2.15. The fraction of sp³-hybridized carbons (Fsp3) is 0.444. The number of carbonyl (C=O) groups is 1. The van der Waals surface area contributed by atoms with E-state index in [0.29, 0.717) is 31.1 Å². The lowest BCUT2D eigenvalue weighted by Crippen LogP contribution is -2.28. The molecule has 3 aromatic heterocycles. The van der Waals surface area contributed by atoms with Crippen LogP contribution in [0, 0.1) is 13.8 Å². The van der Waals surface area contributed by atoms with Crippen molar-refractivity contribution in [2.75, 3.05) is 13.1 Å². The normalized spacial score (nSPS) is 17.2. The first-order chi connectivity index (χ1) is 12.6. The molecule has 0 saturated carbocycles. The average Bonchev–Trinajstić information content (AvgIpc) is 3.41. The summed E-state index contributed by atoms with van der Waals surface area (Å²) in [6.07, 6.45) is 1.98. The molecule has 8 heteroatoms. The van der Waals surface area contributed by atoms with Gasteiger partial charge >= 0.3 is 0 Å². The average molecular weight is 372 g/mol. The highest BCUT2D eigenvalue weighted by molar-refractivity contribution is 7.08. The topological polar surface area (TPSA) is 85.3 Å². The van der Waals surface area contributed by atoms with Crippen LogP contribution in [0.15, 0.2) is 25.9 Å². The van der Waals surface area contributed by atoms with Crippen LogP contribution < -0.4 is 0 Å². The second-order valence-electron chi connectivity index (χ2n) is 6.60. The zero-order valence-corrected chi connectivity index (χ0v) is 15.6. The molecular weight excluding hydrogens is 352 g/mol. The molecule has 26 heavy (non-hydrogen) atoms. The number of hydrogen-bond acceptors (Lipinski definition) is 7. The Labute approximate surface area is 155 Å². The van der Waals surface area contributed by atoms with Crippen molar-refractivity contribution in [2.45, 2.75) is 39.0 Å². The maximum Gasteiger partial charge on any atom is 0.258 e. The van der Waals surface area contributed by atoms with Crippen molar-refractivity contribution in [1.29, 1.82) is 0 Å². The second-order valence-corrected chi connectivity index (χ2v) is 7.38. The van der Waals surface area contributed by atoms with Crippen molar-refractivity contribution in [3.05, 3.63) is 39.7 Å². The molecule has 0 aliphatic carbocycles. The van der Waals surface area contributed by atoms with Crippen molar-refractivity contribution >= 4 is 17.2 Å². The molecule has 1 amide bonds. The number of aromatic nitrogens is 3. The predicted molar refractivity (Wildman–Crippen MR) is 95.8 cm³/mol. The molecule has 3 aromatic rings. The molecule has 4 rings (SSSR count). The van der Waals surface area contributed by atoms with E-state index in [-0.39, 0.29) is 11.8 Å². The molecule has 7 nitrogen and oxygen atoms in total. The predicted octanol–water partition coefficient (Wildman–Crippen LogP) is 3.35. The number of thiophene rings is 1. The molecule has 0 spiro atoms. The summed E-state index contributed by atoms with van der Waals surface area (Å²) < 4.78 is 10.5. The lowest BCUT2D eigenvalue weighted by atomic mass is 10.1. The lowest BCUT2D eigenvalue weighted by molar-refractivity contribution is -0.130. The van der Waals surface area contributed by atoms with Gasteiger partial charge in [-0.2, -0.15) is 16.3 Å². The fourth-order valence-electron chi connectivity index (χ4n) is 3.35. The van der Waals surface area contributed by atoms with Crippen LogP contribution in [-0.2, 0) is 11.2 Å². The Bertz CT molecular complexity index is 880. The molecule has 0 bridgehead atoms. The van der Waals surface area contributed by atoms with Crippen molar-refractivity contribution in [2.24, 2.45) is 0 Å². The summed E-state index contributed by atoms with van der Waals surface area (Å²) in [5.74, 6) is 2.31. The van der Waals surface area contributed by atoms with E-state index in [2.05, 4.69) is 15.3 Å². The third kappa shape index (κ3) is 3.29. The molecule has 0 radical (unpaired) electrons.